The van der Waals surface area contributed by atoms with Crippen molar-refractivity contribution in [1.82, 2.24) is 0 Å². The van der Waals surface area contributed by atoms with Crippen molar-refractivity contribution < 1.29 is 0 Å². The van der Waals surface area contributed by atoms with Gasteiger partial charge in [0.2, 0.25) is 0 Å². The van der Waals surface area contributed by atoms with E-state index in [9.17, 15) is 15.8 Å². The Morgan fingerprint density at radius 2 is 0.758 bits per heavy atom. The molecule has 1 aromatic carbocycles. The first-order valence-electron chi connectivity index (χ1n) is 11.7. The van der Waals surface area contributed by atoms with Crippen LogP contribution in [0, 0.1) is 50.2 Å². The van der Waals surface area contributed by atoms with Crippen LogP contribution in [-0.2, 0) is 0 Å². The van der Waals surface area contributed by atoms with Crippen molar-refractivity contribution in [3.8, 4) is 18.2 Å². The van der Waals surface area contributed by atoms with E-state index in [0.717, 1.165) is 33.4 Å². The summed E-state index contributed by atoms with van der Waals surface area (Å²) in [6.07, 6.45) is 1.19. The molecule has 3 atom stereocenters. The standard InChI is InChI=1S/C30H33N3/c1-16-22-25(19(10-13-31)28(16,4)5)23-17(2)30(8,9)21(12-15-33)27(23)24-18(3)29(6,7)20(11-14-32)26(22)24/h19-21H,1-3,10-12H2,4-9H3. The van der Waals surface area contributed by atoms with Crippen LogP contribution in [-0.4, -0.2) is 0 Å². The van der Waals surface area contributed by atoms with E-state index in [1.54, 1.807) is 0 Å². The Labute approximate surface area is 198 Å². The summed E-state index contributed by atoms with van der Waals surface area (Å²) in [7, 11) is 0. The van der Waals surface area contributed by atoms with Crippen molar-refractivity contribution in [2.45, 2.75) is 78.6 Å². The summed E-state index contributed by atoms with van der Waals surface area (Å²) in [6, 6.07) is 7.28. The molecule has 3 unspecified atom stereocenters. The Kier molecular flexibility index (Phi) is 4.86. The Bertz CT molecular complexity index is 1090. The van der Waals surface area contributed by atoms with Crippen molar-refractivity contribution in [1.29, 1.82) is 15.8 Å². The van der Waals surface area contributed by atoms with Crippen LogP contribution in [0.25, 0.3) is 16.7 Å². The first-order chi connectivity index (χ1) is 15.3. The second kappa shape index (κ2) is 6.95. The number of allylic oxidation sites excluding steroid dienone is 3. The van der Waals surface area contributed by atoms with Gasteiger partial charge in [-0.1, -0.05) is 61.3 Å². The molecule has 1 aromatic rings. The van der Waals surface area contributed by atoms with Crippen LogP contribution >= 0.6 is 0 Å². The summed E-state index contributed by atoms with van der Waals surface area (Å²) in [5.41, 5.74) is 9.19. The van der Waals surface area contributed by atoms with E-state index in [4.69, 9.17) is 0 Å². The van der Waals surface area contributed by atoms with Crippen LogP contribution in [0.1, 0.15) is 112 Å². The third kappa shape index (κ3) is 2.59. The Balaban J connectivity index is 2.25. The molecule has 0 N–H and O–H groups in total. The highest BCUT2D eigenvalue weighted by Crippen LogP contribution is 2.70. The third-order valence-electron chi connectivity index (χ3n) is 9.40. The van der Waals surface area contributed by atoms with Gasteiger partial charge in [0.25, 0.3) is 0 Å². The Hall–Kier alpha value is -3.09. The van der Waals surface area contributed by atoms with Gasteiger partial charge in [0.1, 0.15) is 0 Å². The molecule has 3 nitrogen and oxygen atoms in total. The summed E-state index contributed by atoms with van der Waals surface area (Å²) < 4.78 is 0. The van der Waals surface area contributed by atoms with Gasteiger partial charge in [0, 0.05) is 37.0 Å². The summed E-state index contributed by atoms with van der Waals surface area (Å²) in [4.78, 5) is 0. The van der Waals surface area contributed by atoms with E-state index >= 15 is 0 Å². The van der Waals surface area contributed by atoms with Gasteiger partial charge >= 0.3 is 0 Å². The first-order valence-corrected chi connectivity index (χ1v) is 11.7. The molecule has 0 fully saturated rings. The zero-order chi connectivity index (χ0) is 24.7. The lowest BCUT2D eigenvalue weighted by atomic mass is 9.74. The predicted octanol–water partition coefficient (Wildman–Crippen LogP) is 7.84. The van der Waals surface area contributed by atoms with Gasteiger partial charge in [-0.2, -0.15) is 15.8 Å². The number of benzene rings is 1. The molecule has 33 heavy (non-hydrogen) atoms. The Morgan fingerprint density at radius 1 is 0.545 bits per heavy atom. The Morgan fingerprint density at radius 3 is 0.939 bits per heavy atom. The number of hydrogen-bond donors (Lipinski definition) is 0. The summed E-state index contributed by atoms with van der Waals surface area (Å²) in [6.45, 7) is 26.8. The van der Waals surface area contributed by atoms with Gasteiger partial charge in [-0.3, -0.25) is 0 Å². The summed E-state index contributed by atoms with van der Waals surface area (Å²) in [5.74, 6) is -0.00792. The number of fused-ring (bicyclic) bond motifs is 6. The molecule has 0 aliphatic heterocycles. The predicted molar refractivity (Wildman–Crippen MR) is 134 cm³/mol. The highest BCUT2D eigenvalue weighted by molar-refractivity contribution is 5.97. The van der Waals surface area contributed by atoms with Gasteiger partial charge in [0.15, 0.2) is 0 Å². The molecule has 0 amide bonds. The largest absolute Gasteiger partial charge is 0.198 e. The quantitative estimate of drug-likeness (QED) is 0.485. The monoisotopic (exact) mass is 435 g/mol. The lowest BCUT2D eigenvalue weighted by Crippen LogP contribution is -2.17. The molecule has 168 valence electrons. The number of hydrogen-bond acceptors (Lipinski definition) is 3. The summed E-state index contributed by atoms with van der Waals surface area (Å²) >= 11 is 0. The zero-order valence-corrected chi connectivity index (χ0v) is 20.8. The average Bonchev–Trinajstić information content (AvgIpc) is 3.15. The smallest absolute Gasteiger partial charge is 0.0628 e. The SMILES string of the molecule is C=C1c2c(c3c(c4c2C(CC#N)C(C)(C)C4=C)C(CC#N)C(C)(C)C3=C)C(CC#N)C1(C)C. The molecule has 4 rings (SSSR count). The maximum atomic E-state index is 9.78. The van der Waals surface area contributed by atoms with Crippen LogP contribution in [0.5, 0.6) is 0 Å². The third-order valence-corrected chi connectivity index (χ3v) is 9.40. The van der Waals surface area contributed by atoms with Gasteiger partial charge in [-0.25, -0.2) is 0 Å². The molecular weight excluding hydrogens is 402 g/mol. The second-order valence-electron chi connectivity index (χ2n) is 11.7. The van der Waals surface area contributed by atoms with Crippen LogP contribution in [0.4, 0.5) is 0 Å². The van der Waals surface area contributed by atoms with Crippen LogP contribution in [0.15, 0.2) is 19.7 Å². The van der Waals surface area contributed by atoms with E-state index in [-0.39, 0.29) is 34.0 Å². The molecule has 0 spiro atoms. The fourth-order valence-electron chi connectivity index (χ4n) is 6.86. The van der Waals surface area contributed by atoms with E-state index in [1.165, 1.54) is 16.7 Å². The lowest BCUT2D eigenvalue weighted by molar-refractivity contribution is 0.411. The van der Waals surface area contributed by atoms with E-state index in [1.807, 2.05) is 0 Å². The second-order valence-corrected chi connectivity index (χ2v) is 11.7. The number of nitriles is 3. The number of rotatable bonds is 3. The zero-order valence-electron chi connectivity index (χ0n) is 20.8. The van der Waals surface area contributed by atoms with Gasteiger partial charge < -0.3 is 0 Å². The molecule has 3 aliphatic carbocycles. The summed E-state index contributed by atoms with van der Waals surface area (Å²) in [5, 5.41) is 29.3. The van der Waals surface area contributed by atoms with Crippen LogP contribution < -0.4 is 0 Å². The van der Waals surface area contributed by atoms with Crippen LogP contribution in [0.3, 0.4) is 0 Å². The van der Waals surface area contributed by atoms with Crippen molar-refractivity contribution >= 4 is 16.7 Å². The first kappa shape index (κ1) is 23.1. The fraction of sp³-hybridized carbons (Fsp3) is 0.500. The molecule has 0 saturated carbocycles. The maximum absolute atomic E-state index is 9.78. The number of nitrogens with zero attached hydrogens (tertiary/aromatic N) is 3. The van der Waals surface area contributed by atoms with Gasteiger partial charge in [0.05, 0.1) is 18.2 Å². The topological polar surface area (TPSA) is 71.4 Å². The molecule has 0 radical (unpaired) electrons. The van der Waals surface area contributed by atoms with E-state index in [0.29, 0.717) is 19.3 Å². The van der Waals surface area contributed by atoms with E-state index in [2.05, 4.69) is 79.5 Å². The minimum absolute atomic E-state index is 0.00264. The van der Waals surface area contributed by atoms with E-state index < -0.39 is 0 Å². The molecule has 3 aliphatic rings. The molecule has 0 bridgehead atoms. The van der Waals surface area contributed by atoms with Crippen molar-refractivity contribution in [2.75, 3.05) is 0 Å². The highest BCUT2D eigenvalue weighted by Gasteiger charge is 2.56. The van der Waals surface area contributed by atoms with Crippen molar-refractivity contribution in [3.05, 3.63) is 53.1 Å². The molecule has 0 heterocycles. The minimum Gasteiger partial charge on any atom is -0.198 e. The molecule has 3 heteroatoms. The van der Waals surface area contributed by atoms with Crippen LogP contribution in [0.2, 0.25) is 0 Å². The minimum atomic E-state index is -0.288. The molecular formula is C30H33N3. The van der Waals surface area contributed by atoms with Crippen molar-refractivity contribution in [3.63, 3.8) is 0 Å². The maximum Gasteiger partial charge on any atom is 0.0628 e. The normalized spacial score (nSPS) is 27.4. The highest BCUT2D eigenvalue weighted by atomic mass is 14.6. The lowest BCUT2D eigenvalue weighted by Gasteiger charge is -2.29. The average molecular weight is 436 g/mol. The van der Waals surface area contributed by atoms with Gasteiger partial charge in [-0.05, 0) is 66.3 Å². The molecule has 0 saturated heterocycles. The van der Waals surface area contributed by atoms with Gasteiger partial charge in [-0.15, -0.1) is 0 Å². The molecule has 0 aromatic heterocycles. The van der Waals surface area contributed by atoms with Crippen molar-refractivity contribution in [2.24, 2.45) is 16.2 Å². The fourth-order valence-corrected chi connectivity index (χ4v) is 6.86.